The van der Waals surface area contributed by atoms with Crippen molar-refractivity contribution in [2.24, 2.45) is 0 Å². The summed E-state index contributed by atoms with van der Waals surface area (Å²) in [6.07, 6.45) is 0.657. The Kier molecular flexibility index (Phi) is 4.90. The molecule has 2 aliphatic heterocycles. The molecule has 0 unspecified atom stereocenters. The first-order valence-corrected chi connectivity index (χ1v) is 7.11. The summed E-state index contributed by atoms with van der Waals surface area (Å²) in [5.41, 5.74) is 0. The first-order chi connectivity index (χ1) is 9.38. The molecular formula is C14H24N2O4. The number of hydrogen-bond acceptors (Lipinski definition) is 6. The number of nitrogens with zero attached hydrogens (tertiary/aromatic N) is 2. The third-order valence-electron chi connectivity index (χ3n) is 4.34. The molecule has 1 N–H and O–H groups in total. The second-order valence-electron chi connectivity index (χ2n) is 6.05. The van der Waals surface area contributed by atoms with E-state index in [1.54, 1.807) is 6.92 Å². The Morgan fingerprint density at radius 3 is 2.30 bits per heavy atom. The van der Waals surface area contributed by atoms with Crippen molar-refractivity contribution < 1.29 is 19.4 Å². The second-order valence-corrected chi connectivity index (χ2v) is 6.05. The monoisotopic (exact) mass is 284 g/mol. The lowest BCUT2D eigenvalue weighted by Crippen LogP contribution is -2.36. The molecule has 2 fully saturated rings. The minimum Gasteiger partial charge on any atom is -0.392 e. The predicted octanol–water partition coefficient (Wildman–Crippen LogP) is -0.701. The molecule has 0 aromatic carbocycles. The average molecular weight is 284 g/mol. The van der Waals surface area contributed by atoms with Gasteiger partial charge in [-0.3, -0.25) is 19.4 Å². The van der Waals surface area contributed by atoms with Crippen molar-refractivity contribution in [2.45, 2.75) is 44.1 Å². The summed E-state index contributed by atoms with van der Waals surface area (Å²) < 4.78 is 5.66. The van der Waals surface area contributed by atoms with Crippen LogP contribution < -0.4 is 0 Å². The molecule has 0 aromatic rings. The molecule has 6 nitrogen and oxygen atoms in total. The van der Waals surface area contributed by atoms with Crippen LogP contribution in [0.25, 0.3) is 0 Å². The van der Waals surface area contributed by atoms with Crippen molar-refractivity contribution in [3.05, 3.63) is 0 Å². The fourth-order valence-corrected chi connectivity index (χ4v) is 3.19. The van der Waals surface area contributed by atoms with Gasteiger partial charge in [0.05, 0.1) is 24.3 Å². The van der Waals surface area contributed by atoms with E-state index in [1.807, 2.05) is 23.9 Å². The number of likely N-dealkylation sites (N-methyl/N-ethyl adjacent to an activating group) is 2. The maximum Gasteiger partial charge on any atom is 0.175 e. The molecule has 114 valence electrons. The molecule has 0 amide bonds. The number of carbonyl (C=O) groups excluding carboxylic acids is 2. The number of ketones is 2. The van der Waals surface area contributed by atoms with Gasteiger partial charge in [-0.05, 0) is 33.9 Å². The maximum atomic E-state index is 12.1. The van der Waals surface area contributed by atoms with E-state index in [9.17, 15) is 14.7 Å². The SMILES string of the molecule is CC(=O)[C@@H]1C[C@H](OCC(=O)[C@@H]2C[C@@H](O)CN2C)CN1C. The molecule has 0 radical (unpaired) electrons. The second kappa shape index (κ2) is 6.30. The summed E-state index contributed by atoms with van der Waals surface area (Å²) in [6, 6.07) is -0.334. The molecule has 2 rings (SSSR count). The van der Waals surface area contributed by atoms with E-state index in [0.717, 1.165) is 0 Å². The molecule has 6 heteroatoms. The summed E-state index contributed by atoms with van der Waals surface area (Å²) in [6.45, 7) is 2.87. The Morgan fingerprint density at radius 1 is 1.15 bits per heavy atom. The van der Waals surface area contributed by atoms with E-state index < -0.39 is 6.10 Å². The number of ether oxygens (including phenoxy) is 1. The number of carbonyl (C=O) groups is 2. The lowest BCUT2D eigenvalue weighted by Gasteiger charge is -2.18. The molecular weight excluding hydrogens is 260 g/mol. The fraction of sp³-hybridized carbons (Fsp3) is 0.857. The lowest BCUT2D eigenvalue weighted by atomic mass is 10.1. The van der Waals surface area contributed by atoms with Crippen LogP contribution in [0.1, 0.15) is 19.8 Å². The quantitative estimate of drug-likeness (QED) is 0.720. The van der Waals surface area contributed by atoms with Gasteiger partial charge in [-0.2, -0.15) is 0 Å². The Bertz CT molecular complexity index is 387. The summed E-state index contributed by atoms with van der Waals surface area (Å²) in [7, 11) is 3.74. The van der Waals surface area contributed by atoms with Gasteiger partial charge in [0.1, 0.15) is 12.4 Å². The van der Waals surface area contributed by atoms with Crippen LogP contribution in [0.2, 0.25) is 0 Å². The first-order valence-electron chi connectivity index (χ1n) is 7.11. The molecule has 0 bridgehead atoms. The predicted molar refractivity (Wildman–Crippen MR) is 73.5 cm³/mol. The number of aliphatic hydroxyl groups is 1. The Morgan fingerprint density at radius 2 is 1.80 bits per heavy atom. The number of Topliss-reactive ketones (excluding diaryl/α,β-unsaturated/α-hetero) is 2. The van der Waals surface area contributed by atoms with Crippen molar-refractivity contribution in [3.63, 3.8) is 0 Å². The normalized spacial score (nSPS) is 35.6. The van der Waals surface area contributed by atoms with Crippen molar-refractivity contribution in [3.8, 4) is 0 Å². The van der Waals surface area contributed by atoms with E-state index >= 15 is 0 Å². The zero-order valence-electron chi connectivity index (χ0n) is 12.4. The first kappa shape index (κ1) is 15.6. The fourth-order valence-electron chi connectivity index (χ4n) is 3.19. The highest BCUT2D eigenvalue weighted by Gasteiger charge is 2.36. The van der Waals surface area contributed by atoms with Crippen LogP contribution >= 0.6 is 0 Å². The molecule has 4 atom stereocenters. The van der Waals surface area contributed by atoms with Gasteiger partial charge in [-0.25, -0.2) is 0 Å². The van der Waals surface area contributed by atoms with Crippen LogP contribution in [0.3, 0.4) is 0 Å². The van der Waals surface area contributed by atoms with Crippen LogP contribution in [0, 0.1) is 0 Å². The molecule has 0 aromatic heterocycles. The summed E-state index contributed by atoms with van der Waals surface area (Å²) in [5, 5.41) is 9.55. The summed E-state index contributed by atoms with van der Waals surface area (Å²) in [4.78, 5) is 27.4. The smallest absolute Gasteiger partial charge is 0.175 e. The van der Waals surface area contributed by atoms with Crippen LogP contribution in [0.15, 0.2) is 0 Å². The number of β-amino-alcohol motifs (C(OH)–C–C–N with tert-alkyl or cyclic N) is 1. The highest BCUT2D eigenvalue weighted by atomic mass is 16.5. The standard InChI is InChI=1S/C14H24N2O4/c1-9(17)12-5-11(7-16(12)3)20-8-14(19)13-4-10(18)6-15(13)2/h10-13,18H,4-8H2,1-3H3/t10-,11+,12+,13+/m1/s1. The molecule has 0 spiro atoms. The van der Waals surface area contributed by atoms with Gasteiger partial charge in [0.25, 0.3) is 0 Å². The molecule has 2 aliphatic rings. The van der Waals surface area contributed by atoms with Gasteiger partial charge in [0, 0.05) is 13.1 Å². The van der Waals surface area contributed by atoms with Gasteiger partial charge in [-0.15, -0.1) is 0 Å². The maximum absolute atomic E-state index is 12.1. The third kappa shape index (κ3) is 3.44. The minimum atomic E-state index is -0.423. The van der Waals surface area contributed by atoms with Gasteiger partial charge < -0.3 is 9.84 Å². The molecule has 0 saturated carbocycles. The van der Waals surface area contributed by atoms with E-state index in [1.165, 1.54) is 0 Å². The third-order valence-corrected chi connectivity index (χ3v) is 4.34. The topological polar surface area (TPSA) is 70.1 Å². The number of likely N-dealkylation sites (tertiary alicyclic amines) is 2. The van der Waals surface area contributed by atoms with Crippen molar-refractivity contribution in [2.75, 3.05) is 33.8 Å². The lowest BCUT2D eigenvalue weighted by molar-refractivity contribution is -0.129. The van der Waals surface area contributed by atoms with Crippen LogP contribution in [0.5, 0.6) is 0 Å². The van der Waals surface area contributed by atoms with Crippen molar-refractivity contribution in [1.82, 2.24) is 9.80 Å². The van der Waals surface area contributed by atoms with Crippen LogP contribution in [0.4, 0.5) is 0 Å². The van der Waals surface area contributed by atoms with Gasteiger partial charge in [0.2, 0.25) is 0 Å². The Balaban J connectivity index is 1.79. The number of aliphatic hydroxyl groups excluding tert-OH is 1. The van der Waals surface area contributed by atoms with Crippen LogP contribution in [-0.4, -0.2) is 84.6 Å². The van der Waals surface area contributed by atoms with Gasteiger partial charge >= 0.3 is 0 Å². The van der Waals surface area contributed by atoms with E-state index in [-0.39, 0.29) is 36.4 Å². The van der Waals surface area contributed by atoms with E-state index in [2.05, 4.69) is 0 Å². The van der Waals surface area contributed by atoms with Crippen molar-refractivity contribution in [1.29, 1.82) is 0 Å². The largest absolute Gasteiger partial charge is 0.392 e. The van der Waals surface area contributed by atoms with E-state index in [4.69, 9.17) is 4.74 Å². The van der Waals surface area contributed by atoms with E-state index in [0.29, 0.717) is 25.9 Å². The Labute approximate surface area is 119 Å². The number of rotatable bonds is 5. The zero-order chi connectivity index (χ0) is 14.9. The Hall–Kier alpha value is -0.820. The van der Waals surface area contributed by atoms with Gasteiger partial charge in [0.15, 0.2) is 5.78 Å². The molecule has 2 heterocycles. The zero-order valence-corrected chi connectivity index (χ0v) is 12.4. The highest BCUT2D eigenvalue weighted by Crippen LogP contribution is 2.21. The average Bonchev–Trinajstić information content (AvgIpc) is 2.89. The van der Waals surface area contributed by atoms with Crippen molar-refractivity contribution >= 4 is 11.6 Å². The summed E-state index contributed by atoms with van der Waals surface area (Å²) >= 11 is 0. The molecule has 2 saturated heterocycles. The van der Waals surface area contributed by atoms with Crippen LogP contribution in [-0.2, 0) is 14.3 Å². The highest BCUT2D eigenvalue weighted by molar-refractivity contribution is 5.85. The number of hydrogen-bond donors (Lipinski definition) is 1. The summed E-state index contributed by atoms with van der Waals surface area (Å²) in [5.74, 6) is 0.154. The molecule has 0 aliphatic carbocycles. The molecule has 20 heavy (non-hydrogen) atoms. The van der Waals surface area contributed by atoms with Gasteiger partial charge in [-0.1, -0.05) is 0 Å². The minimum absolute atomic E-state index is 0.0120.